The van der Waals surface area contributed by atoms with Crippen LogP contribution in [0.5, 0.6) is 29.0 Å². The third-order valence-corrected chi connectivity index (χ3v) is 5.78. The fourth-order valence-corrected chi connectivity index (χ4v) is 3.82. The number of nitrogens with zero attached hydrogens (tertiary/aromatic N) is 5. The zero-order valence-electron chi connectivity index (χ0n) is 23.6. The van der Waals surface area contributed by atoms with Gasteiger partial charge in [-0.25, -0.2) is 19.6 Å². The van der Waals surface area contributed by atoms with Crippen LogP contribution >= 0.6 is 0 Å². The summed E-state index contributed by atoms with van der Waals surface area (Å²) in [6, 6.07) is 7.20. The Kier molecular flexibility index (Phi) is 9.20. The van der Waals surface area contributed by atoms with Crippen molar-refractivity contribution >= 4 is 23.2 Å². The summed E-state index contributed by atoms with van der Waals surface area (Å²) in [5, 5.41) is 10.3. The minimum absolute atomic E-state index is 0.0778. The molecule has 3 aromatic heterocycles. The van der Waals surface area contributed by atoms with E-state index >= 15 is 0 Å². The summed E-state index contributed by atoms with van der Waals surface area (Å²) in [4.78, 5) is 25.6. The number of hydrogen-bond donors (Lipinski definition) is 2. The number of carbonyl (C=O) groups is 1. The van der Waals surface area contributed by atoms with Gasteiger partial charge in [0.15, 0.2) is 22.9 Å². The van der Waals surface area contributed by atoms with Crippen LogP contribution in [-0.2, 0) is 0 Å². The monoisotopic (exact) mass is 561 g/mol. The summed E-state index contributed by atoms with van der Waals surface area (Å²) in [6.07, 6.45) is 7.97. The second-order valence-electron chi connectivity index (χ2n) is 8.24. The fraction of sp³-hybridized carbons (Fsp3) is 0.250. The molecule has 4 rings (SSSR count). The third kappa shape index (κ3) is 6.46. The molecular weight excluding hydrogens is 530 g/mol. The topological polar surface area (TPSA) is 144 Å². The summed E-state index contributed by atoms with van der Waals surface area (Å²) >= 11 is 0. The predicted molar refractivity (Wildman–Crippen MR) is 152 cm³/mol. The van der Waals surface area contributed by atoms with Gasteiger partial charge >= 0.3 is 6.01 Å². The molecule has 1 amide bonds. The highest BCUT2D eigenvalue weighted by atomic mass is 16.5. The van der Waals surface area contributed by atoms with E-state index in [1.165, 1.54) is 30.4 Å². The molecule has 41 heavy (non-hydrogen) atoms. The van der Waals surface area contributed by atoms with Gasteiger partial charge < -0.3 is 34.3 Å². The van der Waals surface area contributed by atoms with Gasteiger partial charge in [-0.05, 0) is 38.1 Å². The third-order valence-electron chi connectivity index (χ3n) is 5.78. The van der Waals surface area contributed by atoms with Crippen molar-refractivity contribution in [1.82, 2.24) is 24.7 Å². The Morgan fingerprint density at radius 3 is 2.29 bits per heavy atom. The lowest BCUT2D eigenvalue weighted by Gasteiger charge is -2.17. The minimum Gasteiger partial charge on any atom is -0.493 e. The summed E-state index contributed by atoms with van der Waals surface area (Å²) in [7, 11) is 6.43. The summed E-state index contributed by atoms with van der Waals surface area (Å²) < 4.78 is 29.1. The second kappa shape index (κ2) is 13.2. The molecule has 0 saturated carbocycles. The van der Waals surface area contributed by atoms with E-state index in [1.54, 1.807) is 32.5 Å². The van der Waals surface area contributed by atoms with Gasteiger partial charge in [-0.2, -0.15) is 5.10 Å². The van der Waals surface area contributed by atoms with Crippen molar-refractivity contribution in [2.75, 3.05) is 45.6 Å². The van der Waals surface area contributed by atoms with Crippen LogP contribution < -0.4 is 34.3 Å². The number of allylic oxidation sites excluding steroid dienone is 1. The van der Waals surface area contributed by atoms with Crippen LogP contribution in [-0.4, -0.2) is 65.6 Å². The summed E-state index contributed by atoms with van der Waals surface area (Å²) in [6.45, 7) is 4.02. The SMILES string of the molecule is C/C=C(/Oc1ccc(NC(=O)c2nn(-c3cnc(OC)nc3)cc2OCC)nc1)c1cc(OC)c(OC)cc1NC. The van der Waals surface area contributed by atoms with Gasteiger partial charge in [0, 0.05) is 24.4 Å². The largest absolute Gasteiger partial charge is 0.493 e. The van der Waals surface area contributed by atoms with Crippen LogP contribution in [0.4, 0.5) is 11.5 Å². The lowest BCUT2D eigenvalue weighted by atomic mass is 10.1. The second-order valence-corrected chi connectivity index (χ2v) is 8.24. The molecule has 0 aliphatic heterocycles. The Morgan fingerprint density at radius 2 is 1.71 bits per heavy atom. The molecule has 0 bridgehead atoms. The smallest absolute Gasteiger partial charge is 0.316 e. The molecule has 2 N–H and O–H groups in total. The zero-order chi connectivity index (χ0) is 29.4. The van der Waals surface area contributed by atoms with E-state index < -0.39 is 5.91 Å². The first kappa shape index (κ1) is 28.7. The molecule has 0 atom stereocenters. The lowest BCUT2D eigenvalue weighted by Crippen LogP contribution is -2.15. The molecule has 13 heteroatoms. The molecule has 4 aromatic rings. The Hall–Kier alpha value is -5.33. The molecule has 3 heterocycles. The number of benzene rings is 1. The highest BCUT2D eigenvalue weighted by Gasteiger charge is 2.20. The van der Waals surface area contributed by atoms with Crippen molar-refractivity contribution in [3.8, 4) is 34.7 Å². The number of ether oxygens (including phenoxy) is 5. The van der Waals surface area contributed by atoms with E-state index in [2.05, 4.69) is 30.7 Å². The van der Waals surface area contributed by atoms with Crippen molar-refractivity contribution < 1.29 is 28.5 Å². The van der Waals surface area contributed by atoms with E-state index in [9.17, 15) is 4.79 Å². The standard InChI is InChI=1S/C28H31N7O6/c1-7-21(19-11-22(37-4)23(38-5)12-20(19)29-3)41-18-9-10-25(30-15-18)33-27(36)26-24(40-8-2)16-35(34-26)17-13-31-28(39-6)32-14-17/h7,9-16,29H,8H2,1-6H3,(H,30,33,36)/b21-7+. The quantitative estimate of drug-likeness (QED) is 0.240. The molecule has 0 unspecified atom stereocenters. The minimum atomic E-state index is -0.499. The van der Waals surface area contributed by atoms with Gasteiger partial charge in [0.1, 0.15) is 23.0 Å². The van der Waals surface area contributed by atoms with E-state index in [1.807, 2.05) is 39.1 Å². The van der Waals surface area contributed by atoms with E-state index in [0.717, 1.165) is 11.3 Å². The zero-order valence-corrected chi connectivity index (χ0v) is 23.6. The number of carbonyl (C=O) groups excluding carboxylic acids is 1. The number of hydrogen-bond acceptors (Lipinski definition) is 11. The van der Waals surface area contributed by atoms with Crippen LogP contribution in [0.3, 0.4) is 0 Å². The maximum Gasteiger partial charge on any atom is 0.316 e. The summed E-state index contributed by atoms with van der Waals surface area (Å²) in [5.41, 5.74) is 2.17. The normalized spacial score (nSPS) is 11.0. The van der Waals surface area contributed by atoms with Gasteiger partial charge in [-0.1, -0.05) is 0 Å². The van der Waals surface area contributed by atoms with Crippen LogP contribution in [0.25, 0.3) is 11.4 Å². The molecule has 0 aliphatic rings. The first-order valence-electron chi connectivity index (χ1n) is 12.6. The maximum atomic E-state index is 13.1. The first-order chi connectivity index (χ1) is 19.9. The molecule has 214 valence electrons. The first-order valence-corrected chi connectivity index (χ1v) is 12.6. The van der Waals surface area contributed by atoms with Crippen molar-refractivity contribution in [2.45, 2.75) is 13.8 Å². The van der Waals surface area contributed by atoms with Crippen LogP contribution in [0.15, 0.2) is 55.1 Å². The molecular formula is C28H31N7O6. The molecule has 0 aliphatic carbocycles. The number of amides is 1. The molecule has 13 nitrogen and oxygen atoms in total. The number of nitrogens with one attached hydrogen (secondary N) is 2. The van der Waals surface area contributed by atoms with E-state index in [0.29, 0.717) is 46.9 Å². The van der Waals surface area contributed by atoms with E-state index in [4.69, 9.17) is 23.7 Å². The predicted octanol–water partition coefficient (Wildman–Crippen LogP) is 4.22. The molecule has 0 spiro atoms. The number of rotatable bonds is 12. The van der Waals surface area contributed by atoms with Gasteiger partial charge in [-0.3, -0.25) is 4.79 Å². The number of anilines is 2. The van der Waals surface area contributed by atoms with Crippen LogP contribution in [0.1, 0.15) is 29.9 Å². The highest BCUT2D eigenvalue weighted by molar-refractivity contribution is 6.04. The average molecular weight is 562 g/mol. The number of aromatic nitrogens is 5. The molecule has 0 saturated heterocycles. The fourth-order valence-electron chi connectivity index (χ4n) is 3.82. The Labute approximate surface area is 237 Å². The summed E-state index contributed by atoms with van der Waals surface area (Å²) in [5.74, 6) is 2.29. The maximum absolute atomic E-state index is 13.1. The highest BCUT2D eigenvalue weighted by Crippen LogP contribution is 2.37. The average Bonchev–Trinajstić information content (AvgIpc) is 3.44. The van der Waals surface area contributed by atoms with Gasteiger partial charge in [0.05, 0.1) is 52.7 Å². The van der Waals surface area contributed by atoms with Crippen molar-refractivity contribution in [1.29, 1.82) is 0 Å². The Balaban J connectivity index is 1.51. The molecule has 1 aromatic carbocycles. The van der Waals surface area contributed by atoms with Crippen LogP contribution in [0, 0.1) is 0 Å². The van der Waals surface area contributed by atoms with Crippen molar-refractivity contribution in [2.24, 2.45) is 0 Å². The van der Waals surface area contributed by atoms with Crippen molar-refractivity contribution in [3.05, 3.63) is 66.4 Å². The van der Waals surface area contributed by atoms with Gasteiger partial charge in [0.25, 0.3) is 5.91 Å². The molecule has 0 radical (unpaired) electrons. The van der Waals surface area contributed by atoms with Gasteiger partial charge in [-0.15, -0.1) is 0 Å². The van der Waals surface area contributed by atoms with E-state index in [-0.39, 0.29) is 11.7 Å². The lowest BCUT2D eigenvalue weighted by molar-refractivity contribution is 0.101. The molecule has 0 fully saturated rings. The van der Waals surface area contributed by atoms with Gasteiger partial charge in [0.2, 0.25) is 0 Å². The number of methoxy groups -OCH3 is 3. The Morgan fingerprint density at radius 1 is 0.976 bits per heavy atom. The Bertz CT molecular complexity index is 1520. The number of pyridine rings is 1. The van der Waals surface area contributed by atoms with Crippen molar-refractivity contribution in [3.63, 3.8) is 0 Å². The van der Waals surface area contributed by atoms with Crippen LogP contribution in [0.2, 0.25) is 0 Å².